The van der Waals surface area contributed by atoms with Crippen molar-refractivity contribution in [3.8, 4) is 0 Å². The minimum Gasteiger partial charge on any atom is -0.479 e. The van der Waals surface area contributed by atoms with Crippen molar-refractivity contribution in [3.63, 3.8) is 0 Å². The van der Waals surface area contributed by atoms with Gasteiger partial charge in [-0.3, -0.25) is 9.36 Å². The summed E-state index contributed by atoms with van der Waals surface area (Å²) in [6.07, 6.45) is 1.23. The maximum absolute atomic E-state index is 12.4. The summed E-state index contributed by atoms with van der Waals surface area (Å²) in [5.74, 6) is -1.94. The highest BCUT2D eigenvalue weighted by Crippen LogP contribution is 2.27. The molecular weight excluding hydrogens is 364 g/mol. The minimum atomic E-state index is -1.64. The number of nitro groups is 1. The van der Waals surface area contributed by atoms with Crippen molar-refractivity contribution in [3.05, 3.63) is 57.0 Å². The monoisotopic (exact) mass is 380 g/mol. The molecule has 1 amide bonds. The predicted molar refractivity (Wildman–Crippen MR) is 92.8 cm³/mol. The number of nitrogens with one attached hydrogen (secondary N) is 1. The normalized spacial score (nSPS) is 13.0. The first kappa shape index (κ1) is 19.4. The van der Waals surface area contributed by atoms with E-state index in [0.29, 0.717) is 10.6 Å². The fourth-order valence-corrected chi connectivity index (χ4v) is 2.73. The number of benzene rings is 1. The highest BCUT2D eigenvalue weighted by molar-refractivity contribution is 6.30. The first-order chi connectivity index (χ1) is 12.2. The molecule has 9 nitrogen and oxygen atoms in total. The van der Waals surface area contributed by atoms with Crippen LogP contribution in [-0.2, 0) is 21.7 Å². The van der Waals surface area contributed by atoms with Crippen LogP contribution in [0.5, 0.6) is 0 Å². The number of carboxylic acids is 1. The molecule has 0 aliphatic heterocycles. The van der Waals surface area contributed by atoms with Gasteiger partial charge in [-0.15, -0.1) is 0 Å². The van der Waals surface area contributed by atoms with E-state index < -0.39 is 22.3 Å². The zero-order valence-electron chi connectivity index (χ0n) is 14.1. The summed E-state index contributed by atoms with van der Waals surface area (Å²) < 4.78 is 1.29. The van der Waals surface area contributed by atoms with Crippen molar-refractivity contribution in [2.45, 2.75) is 32.4 Å². The molecule has 1 aromatic carbocycles. The second-order valence-corrected chi connectivity index (χ2v) is 6.09. The lowest BCUT2D eigenvalue weighted by Gasteiger charge is -2.30. The molecule has 1 atom stereocenters. The molecule has 0 saturated heterocycles. The Bertz CT molecular complexity index is 849. The van der Waals surface area contributed by atoms with E-state index in [1.54, 1.807) is 19.1 Å². The average Bonchev–Trinajstić information content (AvgIpc) is 2.94. The fraction of sp³-hybridized carbons (Fsp3) is 0.312. The zero-order valence-corrected chi connectivity index (χ0v) is 14.9. The molecule has 138 valence electrons. The number of aryl methyl sites for hydroxylation is 1. The molecule has 0 aliphatic rings. The number of carbonyl (C=O) groups excluding carboxylic acids is 1. The van der Waals surface area contributed by atoms with E-state index in [4.69, 9.17) is 11.6 Å². The van der Waals surface area contributed by atoms with Crippen LogP contribution in [0.1, 0.15) is 24.7 Å². The van der Waals surface area contributed by atoms with Crippen LogP contribution in [0.15, 0.2) is 30.5 Å². The number of hydrogen-bond acceptors (Lipinski definition) is 5. The van der Waals surface area contributed by atoms with Crippen molar-refractivity contribution in [1.82, 2.24) is 14.9 Å². The third-order valence-electron chi connectivity index (χ3n) is 4.05. The second-order valence-electron chi connectivity index (χ2n) is 5.65. The van der Waals surface area contributed by atoms with Gasteiger partial charge in [0, 0.05) is 11.9 Å². The number of carboxylic acid groups (broad SMARTS) is 1. The number of carbonyl (C=O) groups is 2. The molecule has 1 aromatic heterocycles. The van der Waals surface area contributed by atoms with E-state index in [1.165, 1.54) is 23.6 Å². The van der Waals surface area contributed by atoms with E-state index in [1.807, 2.05) is 0 Å². The molecule has 2 rings (SSSR count). The number of nitrogens with zero attached hydrogens (tertiary/aromatic N) is 3. The number of aliphatic carboxylic acids is 1. The lowest BCUT2D eigenvalue weighted by atomic mass is 9.87. The predicted octanol–water partition coefficient (Wildman–Crippen LogP) is 2.26. The fourth-order valence-electron chi connectivity index (χ4n) is 2.60. The quantitative estimate of drug-likeness (QED) is 0.560. The summed E-state index contributed by atoms with van der Waals surface area (Å²) in [7, 11) is 0. The first-order valence-electron chi connectivity index (χ1n) is 7.68. The molecule has 0 fully saturated rings. The highest BCUT2D eigenvalue weighted by Gasteiger charge is 2.40. The lowest BCUT2D eigenvalue weighted by Crippen LogP contribution is -2.52. The van der Waals surface area contributed by atoms with Crippen molar-refractivity contribution < 1.29 is 19.6 Å². The van der Waals surface area contributed by atoms with Crippen molar-refractivity contribution >= 4 is 29.3 Å². The Labute approximate surface area is 153 Å². The molecule has 26 heavy (non-hydrogen) atoms. The van der Waals surface area contributed by atoms with Gasteiger partial charge in [-0.05, 0) is 34.0 Å². The summed E-state index contributed by atoms with van der Waals surface area (Å²) in [6, 6.07) is 6.15. The number of imidazole rings is 1. The third kappa shape index (κ3) is 3.83. The Morgan fingerprint density at radius 1 is 1.38 bits per heavy atom. The second kappa shape index (κ2) is 7.52. The molecule has 1 heterocycles. The van der Waals surface area contributed by atoms with Crippen LogP contribution in [0.4, 0.5) is 5.82 Å². The third-order valence-corrected chi connectivity index (χ3v) is 4.30. The topological polar surface area (TPSA) is 127 Å². The Balaban J connectivity index is 2.28. The van der Waals surface area contributed by atoms with Gasteiger partial charge in [-0.25, -0.2) is 4.79 Å². The van der Waals surface area contributed by atoms with Gasteiger partial charge in [0.05, 0.1) is 0 Å². The van der Waals surface area contributed by atoms with E-state index in [0.717, 1.165) is 6.20 Å². The van der Waals surface area contributed by atoms with E-state index >= 15 is 0 Å². The average molecular weight is 381 g/mol. The largest absolute Gasteiger partial charge is 0.479 e. The highest BCUT2D eigenvalue weighted by atomic mass is 35.5. The van der Waals surface area contributed by atoms with Crippen LogP contribution in [0.25, 0.3) is 0 Å². The summed E-state index contributed by atoms with van der Waals surface area (Å²) in [6.45, 7) is 2.86. The number of hydrogen-bond donors (Lipinski definition) is 2. The molecule has 0 aliphatic carbocycles. The standard InChI is InChI=1S/C16H17ClN4O5/c1-3-16(15(23)24,11-4-6-12(17)7-5-11)19-14(22)9-20-8-13(21(25)26)18-10(20)2/h4-8H,3,9H2,1-2H3,(H,19,22)(H,23,24). The van der Waals surface area contributed by atoms with Crippen LogP contribution in [0.3, 0.4) is 0 Å². The molecule has 1 unspecified atom stereocenters. The van der Waals surface area contributed by atoms with E-state index in [-0.39, 0.29) is 24.6 Å². The van der Waals surface area contributed by atoms with Gasteiger partial charge < -0.3 is 20.5 Å². The first-order valence-corrected chi connectivity index (χ1v) is 8.06. The summed E-state index contributed by atoms with van der Waals surface area (Å²) in [4.78, 5) is 38.2. The Kier molecular flexibility index (Phi) is 5.61. The molecule has 2 N–H and O–H groups in total. The molecule has 0 saturated carbocycles. The van der Waals surface area contributed by atoms with Crippen molar-refractivity contribution in [2.75, 3.05) is 0 Å². The van der Waals surface area contributed by atoms with Crippen LogP contribution in [-0.4, -0.2) is 31.5 Å². The van der Waals surface area contributed by atoms with Gasteiger partial charge in [0.1, 0.15) is 12.7 Å². The smallest absolute Gasteiger partial charge is 0.381 e. The molecule has 0 bridgehead atoms. The van der Waals surface area contributed by atoms with Crippen molar-refractivity contribution in [2.24, 2.45) is 0 Å². The number of rotatable bonds is 7. The lowest BCUT2D eigenvalue weighted by molar-refractivity contribution is -0.389. The maximum atomic E-state index is 12.4. The minimum absolute atomic E-state index is 0.0960. The molecule has 0 spiro atoms. The number of halogens is 1. The van der Waals surface area contributed by atoms with E-state index in [2.05, 4.69) is 10.3 Å². The molecule has 0 radical (unpaired) electrons. The number of aromatic nitrogens is 2. The Morgan fingerprint density at radius 2 is 2.00 bits per heavy atom. The van der Waals surface area contributed by atoms with Crippen LogP contribution in [0.2, 0.25) is 5.02 Å². The van der Waals surface area contributed by atoms with Gasteiger partial charge in [-0.2, -0.15) is 0 Å². The molecular formula is C16H17ClN4O5. The SMILES string of the molecule is CCC(NC(=O)Cn1cc([N+](=O)[O-])nc1C)(C(=O)O)c1ccc(Cl)cc1. The van der Waals surface area contributed by atoms with Gasteiger partial charge in [0.25, 0.3) is 0 Å². The van der Waals surface area contributed by atoms with Crippen LogP contribution < -0.4 is 5.32 Å². The van der Waals surface area contributed by atoms with Crippen LogP contribution in [0, 0.1) is 17.0 Å². The molecule has 10 heteroatoms. The van der Waals surface area contributed by atoms with Crippen LogP contribution >= 0.6 is 11.6 Å². The Hall–Kier alpha value is -2.94. The van der Waals surface area contributed by atoms with Gasteiger partial charge in [-0.1, -0.05) is 30.7 Å². The van der Waals surface area contributed by atoms with Gasteiger partial charge in [0.15, 0.2) is 5.54 Å². The van der Waals surface area contributed by atoms with Gasteiger partial charge in [0.2, 0.25) is 11.7 Å². The number of amides is 1. The molecule has 2 aromatic rings. The van der Waals surface area contributed by atoms with E-state index in [9.17, 15) is 24.8 Å². The zero-order chi connectivity index (χ0) is 19.5. The van der Waals surface area contributed by atoms with Crippen molar-refractivity contribution in [1.29, 1.82) is 0 Å². The summed E-state index contributed by atoms with van der Waals surface area (Å²) in [5.41, 5.74) is -1.26. The summed E-state index contributed by atoms with van der Waals surface area (Å²) in [5, 5.41) is 23.5. The van der Waals surface area contributed by atoms with Gasteiger partial charge >= 0.3 is 11.8 Å². The maximum Gasteiger partial charge on any atom is 0.381 e. The Morgan fingerprint density at radius 3 is 2.46 bits per heavy atom. The summed E-state index contributed by atoms with van der Waals surface area (Å²) >= 11 is 5.84.